The number of imidazole rings is 1. The van der Waals surface area contributed by atoms with Gasteiger partial charge >= 0.3 is 0 Å². The van der Waals surface area contributed by atoms with E-state index in [4.69, 9.17) is 0 Å². The van der Waals surface area contributed by atoms with Crippen molar-refractivity contribution < 1.29 is 12.8 Å². The molecule has 2 aromatic heterocycles. The van der Waals surface area contributed by atoms with Crippen molar-refractivity contribution in [3.63, 3.8) is 0 Å². The Morgan fingerprint density at radius 2 is 1.82 bits per heavy atom. The van der Waals surface area contributed by atoms with Crippen LogP contribution in [0.5, 0.6) is 0 Å². The third-order valence-electron chi connectivity index (χ3n) is 4.51. The van der Waals surface area contributed by atoms with Crippen molar-refractivity contribution in [2.24, 2.45) is 0 Å². The Balaban J connectivity index is 1.92. The average molecular weight is 402 g/mol. The second-order valence-corrected chi connectivity index (χ2v) is 8.55. The third kappa shape index (κ3) is 4.82. The van der Waals surface area contributed by atoms with Gasteiger partial charge in [-0.2, -0.15) is 0 Å². The van der Waals surface area contributed by atoms with Gasteiger partial charge in [0.1, 0.15) is 5.82 Å². The van der Waals surface area contributed by atoms with Gasteiger partial charge in [-0.15, -0.1) is 0 Å². The molecule has 0 fully saturated rings. The van der Waals surface area contributed by atoms with E-state index >= 15 is 0 Å². The normalized spacial score (nSPS) is 11.9. The molecule has 0 saturated heterocycles. The quantitative estimate of drug-likeness (QED) is 0.580. The van der Waals surface area contributed by atoms with Gasteiger partial charge in [-0.1, -0.05) is 25.1 Å². The highest BCUT2D eigenvalue weighted by Crippen LogP contribution is 2.18. The molecule has 0 atom stereocenters. The minimum Gasteiger partial charge on any atom is -0.313 e. The molecule has 1 aromatic carbocycles. The predicted octanol–water partition coefficient (Wildman–Crippen LogP) is 2.89. The Morgan fingerprint density at radius 3 is 2.46 bits per heavy atom. The number of aromatic nitrogens is 3. The largest absolute Gasteiger partial charge is 0.313 e. The first-order valence-corrected chi connectivity index (χ1v) is 10.9. The molecule has 0 aliphatic rings. The Labute approximate surface area is 164 Å². The van der Waals surface area contributed by atoms with Crippen LogP contribution in [0, 0.1) is 5.82 Å². The summed E-state index contributed by atoms with van der Waals surface area (Å²) in [6.45, 7) is 4.10. The highest BCUT2D eigenvalue weighted by molar-refractivity contribution is 7.90. The summed E-state index contributed by atoms with van der Waals surface area (Å²) in [7, 11) is -3.54. The van der Waals surface area contributed by atoms with Gasteiger partial charge in [0.15, 0.2) is 0 Å². The third-order valence-corrected chi connectivity index (χ3v) is 5.50. The standard InChI is InChI=1S/C20H23FN4O2S/c1-3-24(13-16-8-10-22-11-9-16)15-18-12-23-20(28(2,26)27)25(18)14-17-6-4-5-7-19(17)21/h4-12H,3,13-15H2,1-2H3. The maximum Gasteiger partial charge on any atom is 0.227 e. The highest BCUT2D eigenvalue weighted by atomic mass is 32.2. The molecule has 0 saturated carbocycles. The SMILES string of the molecule is CCN(Cc1ccncc1)Cc1cnc(S(C)(=O)=O)n1Cc1ccccc1F. The number of pyridine rings is 1. The lowest BCUT2D eigenvalue weighted by molar-refractivity contribution is 0.263. The van der Waals surface area contributed by atoms with Crippen molar-refractivity contribution in [3.8, 4) is 0 Å². The maximum atomic E-state index is 14.2. The molecule has 3 aromatic rings. The summed E-state index contributed by atoms with van der Waals surface area (Å²) < 4.78 is 40.1. The van der Waals surface area contributed by atoms with Crippen molar-refractivity contribution in [2.75, 3.05) is 12.8 Å². The molecule has 148 valence electrons. The van der Waals surface area contributed by atoms with Crippen LogP contribution in [0.25, 0.3) is 0 Å². The number of hydrogen-bond acceptors (Lipinski definition) is 5. The van der Waals surface area contributed by atoms with Gasteiger partial charge in [0.2, 0.25) is 15.0 Å². The van der Waals surface area contributed by atoms with Crippen LogP contribution in [0.15, 0.2) is 60.1 Å². The summed E-state index contributed by atoms with van der Waals surface area (Å²) in [5.74, 6) is -0.370. The molecule has 0 amide bonds. The van der Waals surface area contributed by atoms with Crippen molar-refractivity contribution in [2.45, 2.75) is 31.7 Å². The maximum absolute atomic E-state index is 14.2. The molecule has 0 N–H and O–H groups in total. The number of nitrogens with zero attached hydrogens (tertiary/aromatic N) is 4. The van der Waals surface area contributed by atoms with E-state index in [-0.39, 0.29) is 17.5 Å². The van der Waals surface area contributed by atoms with Gasteiger partial charge < -0.3 is 4.57 Å². The van der Waals surface area contributed by atoms with E-state index < -0.39 is 9.84 Å². The molecular formula is C20H23FN4O2S. The number of sulfone groups is 1. The van der Waals surface area contributed by atoms with E-state index in [1.54, 1.807) is 41.4 Å². The van der Waals surface area contributed by atoms with E-state index in [0.717, 1.165) is 24.1 Å². The van der Waals surface area contributed by atoms with Crippen LogP contribution in [0.4, 0.5) is 4.39 Å². The van der Waals surface area contributed by atoms with Crippen LogP contribution in [0.1, 0.15) is 23.7 Å². The smallest absolute Gasteiger partial charge is 0.227 e. The minimum atomic E-state index is -3.54. The fraction of sp³-hybridized carbons (Fsp3) is 0.300. The van der Waals surface area contributed by atoms with Crippen molar-refractivity contribution >= 4 is 9.84 Å². The lowest BCUT2D eigenvalue weighted by Crippen LogP contribution is -2.24. The first kappa shape index (κ1) is 20.2. The van der Waals surface area contributed by atoms with Gasteiger partial charge in [-0.25, -0.2) is 17.8 Å². The molecule has 0 spiro atoms. The molecule has 2 heterocycles. The fourth-order valence-electron chi connectivity index (χ4n) is 3.04. The zero-order valence-corrected chi connectivity index (χ0v) is 16.7. The zero-order chi connectivity index (χ0) is 20.1. The van der Waals surface area contributed by atoms with Crippen LogP contribution >= 0.6 is 0 Å². The molecule has 0 unspecified atom stereocenters. The summed E-state index contributed by atoms with van der Waals surface area (Å²) in [6, 6.07) is 10.3. The van der Waals surface area contributed by atoms with Gasteiger partial charge in [0.25, 0.3) is 0 Å². The van der Waals surface area contributed by atoms with Crippen molar-refractivity contribution in [3.05, 3.63) is 77.6 Å². The van der Waals surface area contributed by atoms with E-state index in [1.165, 1.54) is 6.07 Å². The molecule has 28 heavy (non-hydrogen) atoms. The summed E-state index contributed by atoms with van der Waals surface area (Å²) in [5.41, 5.74) is 2.25. The molecule has 0 bridgehead atoms. The molecule has 0 radical (unpaired) electrons. The Morgan fingerprint density at radius 1 is 1.11 bits per heavy atom. The number of benzene rings is 1. The van der Waals surface area contributed by atoms with Gasteiger partial charge in [0.05, 0.1) is 18.4 Å². The summed E-state index contributed by atoms with van der Waals surface area (Å²) in [4.78, 5) is 10.3. The lowest BCUT2D eigenvalue weighted by atomic mass is 10.2. The minimum absolute atomic E-state index is 0.0503. The molecule has 0 aliphatic carbocycles. The monoisotopic (exact) mass is 402 g/mol. The molecule has 3 rings (SSSR count). The van der Waals surface area contributed by atoms with E-state index in [0.29, 0.717) is 18.7 Å². The van der Waals surface area contributed by atoms with Crippen molar-refractivity contribution in [1.82, 2.24) is 19.4 Å². The molecule has 0 aliphatic heterocycles. The fourth-order valence-corrected chi connectivity index (χ4v) is 3.86. The Hall–Kier alpha value is -2.58. The Kier molecular flexibility index (Phi) is 6.21. The first-order valence-electron chi connectivity index (χ1n) is 8.97. The average Bonchev–Trinajstić information content (AvgIpc) is 3.06. The van der Waals surface area contributed by atoms with Gasteiger partial charge in [0, 0.05) is 37.3 Å². The summed E-state index contributed by atoms with van der Waals surface area (Å²) >= 11 is 0. The lowest BCUT2D eigenvalue weighted by Gasteiger charge is -2.21. The molecule has 8 heteroatoms. The highest BCUT2D eigenvalue weighted by Gasteiger charge is 2.21. The van der Waals surface area contributed by atoms with Crippen molar-refractivity contribution in [1.29, 1.82) is 0 Å². The second kappa shape index (κ2) is 8.62. The Bertz CT molecular complexity index is 1040. The summed E-state index contributed by atoms with van der Waals surface area (Å²) in [5, 5.41) is -0.0503. The summed E-state index contributed by atoms with van der Waals surface area (Å²) in [6.07, 6.45) is 6.17. The van der Waals surface area contributed by atoms with Crippen LogP contribution in [-0.2, 0) is 29.5 Å². The first-order chi connectivity index (χ1) is 13.4. The van der Waals surface area contributed by atoms with Crippen LogP contribution in [0.2, 0.25) is 0 Å². The van der Waals surface area contributed by atoms with Crippen LogP contribution in [-0.4, -0.2) is 40.7 Å². The molecular weight excluding hydrogens is 379 g/mol. The number of rotatable bonds is 8. The van der Waals surface area contributed by atoms with E-state index in [2.05, 4.69) is 14.9 Å². The molecule has 6 nitrogen and oxygen atoms in total. The van der Waals surface area contributed by atoms with Gasteiger partial charge in [-0.3, -0.25) is 9.88 Å². The second-order valence-electron chi connectivity index (χ2n) is 6.64. The van der Waals surface area contributed by atoms with Crippen LogP contribution in [0.3, 0.4) is 0 Å². The topological polar surface area (TPSA) is 68.1 Å². The van der Waals surface area contributed by atoms with E-state index in [1.807, 2.05) is 19.1 Å². The predicted molar refractivity (Wildman–Crippen MR) is 105 cm³/mol. The van der Waals surface area contributed by atoms with Crippen LogP contribution < -0.4 is 0 Å². The van der Waals surface area contributed by atoms with Gasteiger partial charge in [-0.05, 0) is 30.3 Å². The van der Waals surface area contributed by atoms with E-state index in [9.17, 15) is 12.8 Å². The number of hydrogen-bond donors (Lipinski definition) is 0. The zero-order valence-electron chi connectivity index (χ0n) is 15.9. The number of halogens is 1.